The fourth-order valence-corrected chi connectivity index (χ4v) is 1.92. The highest BCUT2D eigenvalue weighted by molar-refractivity contribution is 5.96. The zero-order valence-electron chi connectivity index (χ0n) is 11.0. The molecule has 0 spiro atoms. The SMILES string of the molecule is CC(=O)c1ccc2oc(COc3ccccc3)nc2c1. The molecule has 0 N–H and O–H groups in total. The quantitative estimate of drug-likeness (QED) is 0.677. The van der Waals surface area contributed by atoms with Crippen LogP contribution in [0.25, 0.3) is 11.1 Å². The summed E-state index contributed by atoms with van der Waals surface area (Å²) in [5, 5.41) is 0. The summed E-state index contributed by atoms with van der Waals surface area (Å²) in [4.78, 5) is 15.7. The van der Waals surface area contributed by atoms with Gasteiger partial charge in [0, 0.05) is 5.56 Å². The molecule has 3 aromatic rings. The maximum Gasteiger partial charge on any atom is 0.233 e. The van der Waals surface area contributed by atoms with E-state index in [-0.39, 0.29) is 12.4 Å². The van der Waals surface area contributed by atoms with Gasteiger partial charge in [0.1, 0.15) is 11.3 Å². The lowest BCUT2D eigenvalue weighted by molar-refractivity contribution is 0.101. The number of hydrogen-bond acceptors (Lipinski definition) is 4. The molecule has 0 aliphatic carbocycles. The Morgan fingerprint density at radius 2 is 2.00 bits per heavy atom. The smallest absolute Gasteiger partial charge is 0.233 e. The van der Waals surface area contributed by atoms with Gasteiger partial charge in [-0.2, -0.15) is 0 Å². The number of carbonyl (C=O) groups is 1. The molecule has 0 bridgehead atoms. The van der Waals surface area contributed by atoms with Crippen LogP contribution in [-0.4, -0.2) is 10.8 Å². The van der Waals surface area contributed by atoms with Crippen LogP contribution in [-0.2, 0) is 6.61 Å². The third-order valence-corrected chi connectivity index (χ3v) is 2.94. The molecule has 0 saturated carbocycles. The largest absolute Gasteiger partial charge is 0.484 e. The second-order valence-electron chi connectivity index (χ2n) is 4.45. The number of ketones is 1. The van der Waals surface area contributed by atoms with Gasteiger partial charge in [-0.05, 0) is 37.3 Å². The molecule has 0 unspecified atom stereocenters. The lowest BCUT2D eigenvalue weighted by Crippen LogP contribution is -1.95. The number of rotatable bonds is 4. The third-order valence-electron chi connectivity index (χ3n) is 2.94. The Labute approximate surface area is 116 Å². The monoisotopic (exact) mass is 267 g/mol. The van der Waals surface area contributed by atoms with E-state index in [1.165, 1.54) is 6.92 Å². The van der Waals surface area contributed by atoms with Gasteiger partial charge in [0.2, 0.25) is 5.89 Å². The minimum atomic E-state index is 0.0111. The van der Waals surface area contributed by atoms with E-state index in [4.69, 9.17) is 9.15 Å². The number of nitrogens with zero attached hydrogens (tertiary/aromatic N) is 1. The number of ether oxygens (including phenoxy) is 1. The molecular weight excluding hydrogens is 254 g/mol. The molecule has 0 saturated heterocycles. The number of benzene rings is 2. The van der Waals surface area contributed by atoms with Crippen molar-refractivity contribution in [2.75, 3.05) is 0 Å². The minimum absolute atomic E-state index is 0.0111. The second kappa shape index (κ2) is 5.17. The van der Waals surface area contributed by atoms with Crippen LogP contribution in [0.15, 0.2) is 52.9 Å². The Bertz CT molecular complexity index is 747. The summed E-state index contributed by atoms with van der Waals surface area (Å²) >= 11 is 0. The number of carbonyl (C=O) groups excluding carboxylic acids is 1. The minimum Gasteiger partial charge on any atom is -0.484 e. The van der Waals surface area contributed by atoms with Crippen molar-refractivity contribution in [1.82, 2.24) is 4.98 Å². The van der Waals surface area contributed by atoms with Crippen LogP contribution in [0, 0.1) is 0 Å². The molecule has 1 heterocycles. The van der Waals surface area contributed by atoms with Gasteiger partial charge in [-0.1, -0.05) is 18.2 Å². The van der Waals surface area contributed by atoms with Crippen molar-refractivity contribution in [2.45, 2.75) is 13.5 Å². The summed E-state index contributed by atoms with van der Waals surface area (Å²) in [5.74, 6) is 1.26. The number of Topliss-reactive ketones (excluding diaryl/α,β-unsaturated/α-hetero) is 1. The van der Waals surface area contributed by atoms with E-state index >= 15 is 0 Å². The summed E-state index contributed by atoms with van der Waals surface area (Å²) in [6.07, 6.45) is 0. The Balaban J connectivity index is 1.80. The van der Waals surface area contributed by atoms with Crippen LogP contribution < -0.4 is 4.74 Å². The second-order valence-corrected chi connectivity index (χ2v) is 4.45. The third kappa shape index (κ3) is 2.54. The molecule has 0 aliphatic rings. The van der Waals surface area contributed by atoms with Gasteiger partial charge in [-0.25, -0.2) is 4.98 Å². The zero-order valence-corrected chi connectivity index (χ0v) is 11.0. The van der Waals surface area contributed by atoms with E-state index < -0.39 is 0 Å². The summed E-state index contributed by atoms with van der Waals surface area (Å²) in [6, 6.07) is 14.7. The molecule has 4 heteroatoms. The van der Waals surface area contributed by atoms with Crippen molar-refractivity contribution in [2.24, 2.45) is 0 Å². The molecule has 0 aliphatic heterocycles. The Morgan fingerprint density at radius 3 is 2.75 bits per heavy atom. The van der Waals surface area contributed by atoms with Crippen LogP contribution in [0.4, 0.5) is 0 Å². The molecule has 20 heavy (non-hydrogen) atoms. The predicted molar refractivity (Wildman–Crippen MR) is 74.8 cm³/mol. The maximum absolute atomic E-state index is 11.3. The highest BCUT2D eigenvalue weighted by atomic mass is 16.5. The van der Waals surface area contributed by atoms with Gasteiger partial charge in [-0.3, -0.25) is 4.79 Å². The molecule has 0 radical (unpaired) electrons. The van der Waals surface area contributed by atoms with Crippen LogP contribution in [0.1, 0.15) is 23.2 Å². The van der Waals surface area contributed by atoms with Gasteiger partial charge in [0.25, 0.3) is 0 Å². The van der Waals surface area contributed by atoms with Gasteiger partial charge in [0.05, 0.1) is 0 Å². The molecular formula is C16H13NO3. The van der Waals surface area contributed by atoms with Gasteiger partial charge < -0.3 is 9.15 Å². The van der Waals surface area contributed by atoms with E-state index in [1.54, 1.807) is 18.2 Å². The van der Waals surface area contributed by atoms with Gasteiger partial charge >= 0.3 is 0 Å². The first-order chi connectivity index (χ1) is 9.72. The molecule has 4 nitrogen and oxygen atoms in total. The number of oxazole rings is 1. The van der Waals surface area contributed by atoms with E-state index in [0.29, 0.717) is 22.6 Å². The summed E-state index contributed by atoms with van der Waals surface area (Å²) in [6.45, 7) is 1.79. The lowest BCUT2D eigenvalue weighted by Gasteiger charge is -2.01. The molecule has 0 amide bonds. The van der Waals surface area contributed by atoms with Crippen LogP contribution in [0.3, 0.4) is 0 Å². The number of aromatic nitrogens is 1. The molecule has 3 rings (SSSR count). The zero-order chi connectivity index (χ0) is 13.9. The molecule has 0 atom stereocenters. The van der Waals surface area contributed by atoms with Crippen LogP contribution >= 0.6 is 0 Å². The Kier molecular flexibility index (Phi) is 3.21. The number of hydrogen-bond donors (Lipinski definition) is 0. The van der Waals surface area contributed by atoms with Gasteiger partial charge in [-0.15, -0.1) is 0 Å². The van der Waals surface area contributed by atoms with Crippen molar-refractivity contribution < 1.29 is 13.9 Å². The summed E-state index contributed by atoms with van der Waals surface area (Å²) in [7, 11) is 0. The van der Waals surface area contributed by atoms with E-state index in [1.807, 2.05) is 30.3 Å². The van der Waals surface area contributed by atoms with Crippen molar-refractivity contribution in [3.63, 3.8) is 0 Å². The summed E-state index contributed by atoms with van der Waals surface area (Å²) in [5.41, 5.74) is 1.95. The predicted octanol–water partition coefficient (Wildman–Crippen LogP) is 3.61. The normalized spacial score (nSPS) is 10.7. The van der Waals surface area contributed by atoms with E-state index in [2.05, 4.69) is 4.98 Å². The first kappa shape index (κ1) is 12.4. The van der Waals surface area contributed by atoms with Crippen LogP contribution in [0.5, 0.6) is 5.75 Å². The Morgan fingerprint density at radius 1 is 1.20 bits per heavy atom. The van der Waals surface area contributed by atoms with Crippen molar-refractivity contribution in [3.8, 4) is 5.75 Å². The molecule has 100 valence electrons. The highest BCUT2D eigenvalue weighted by Crippen LogP contribution is 2.19. The number of para-hydroxylation sites is 1. The highest BCUT2D eigenvalue weighted by Gasteiger charge is 2.08. The van der Waals surface area contributed by atoms with E-state index in [0.717, 1.165) is 5.75 Å². The fourth-order valence-electron chi connectivity index (χ4n) is 1.92. The van der Waals surface area contributed by atoms with Crippen molar-refractivity contribution >= 4 is 16.9 Å². The first-order valence-electron chi connectivity index (χ1n) is 6.30. The van der Waals surface area contributed by atoms with Crippen molar-refractivity contribution in [3.05, 3.63) is 60.0 Å². The maximum atomic E-state index is 11.3. The number of fused-ring (bicyclic) bond motifs is 1. The molecule has 0 fully saturated rings. The topological polar surface area (TPSA) is 52.3 Å². The molecule has 1 aromatic heterocycles. The van der Waals surface area contributed by atoms with Crippen molar-refractivity contribution in [1.29, 1.82) is 0 Å². The average Bonchev–Trinajstić information content (AvgIpc) is 2.88. The lowest BCUT2D eigenvalue weighted by atomic mass is 10.1. The standard InChI is InChI=1S/C16H13NO3/c1-11(18)12-7-8-15-14(9-12)17-16(20-15)10-19-13-5-3-2-4-6-13/h2-9H,10H2,1H3. The Hall–Kier alpha value is -2.62. The fraction of sp³-hybridized carbons (Fsp3) is 0.125. The van der Waals surface area contributed by atoms with E-state index in [9.17, 15) is 4.79 Å². The summed E-state index contributed by atoms with van der Waals surface area (Å²) < 4.78 is 11.2. The van der Waals surface area contributed by atoms with Crippen LogP contribution in [0.2, 0.25) is 0 Å². The average molecular weight is 267 g/mol. The first-order valence-corrected chi connectivity index (χ1v) is 6.30. The molecule has 2 aromatic carbocycles. The van der Waals surface area contributed by atoms with Gasteiger partial charge in [0.15, 0.2) is 18.0 Å².